The van der Waals surface area contributed by atoms with Crippen LogP contribution < -0.4 is 10.6 Å². The highest BCUT2D eigenvalue weighted by Crippen LogP contribution is 2.21. The molecule has 1 unspecified atom stereocenters. The van der Waals surface area contributed by atoms with Gasteiger partial charge in [-0.15, -0.1) is 11.3 Å². The van der Waals surface area contributed by atoms with E-state index >= 15 is 0 Å². The average Bonchev–Trinajstić information content (AvgIpc) is 3.18. The highest BCUT2D eigenvalue weighted by Gasteiger charge is 2.19. The van der Waals surface area contributed by atoms with Crippen LogP contribution in [0.4, 0.5) is 5.13 Å². The summed E-state index contributed by atoms with van der Waals surface area (Å²) in [5.74, 6) is 0.580. The van der Waals surface area contributed by atoms with E-state index < -0.39 is 0 Å². The Kier molecular flexibility index (Phi) is 4.29. The molecule has 0 aliphatic heterocycles. The van der Waals surface area contributed by atoms with E-state index in [0.717, 1.165) is 28.4 Å². The first kappa shape index (κ1) is 15.5. The summed E-state index contributed by atoms with van der Waals surface area (Å²) in [4.78, 5) is 24.5. The lowest BCUT2D eigenvalue weighted by atomic mass is 10.2. The smallest absolute Gasteiger partial charge is 0.271 e. The maximum atomic E-state index is 12.3. The minimum Gasteiger partial charge on any atom is -0.365 e. The number of imidazole rings is 1. The summed E-state index contributed by atoms with van der Waals surface area (Å²) in [7, 11) is 1.78. The van der Waals surface area contributed by atoms with E-state index in [-0.39, 0.29) is 11.9 Å². The molecular formula is C16H19N5OS. The summed E-state index contributed by atoms with van der Waals surface area (Å²) >= 11 is 1.41. The van der Waals surface area contributed by atoms with Crippen LogP contribution >= 0.6 is 11.3 Å². The van der Waals surface area contributed by atoms with E-state index in [9.17, 15) is 4.79 Å². The van der Waals surface area contributed by atoms with Gasteiger partial charge in [0.2, 0.25) is 0 Å². The number of rotatable bonds is 5. The minimum absolute atomic E-state index is 0.171. The van der Waals surface area contributed by atoms with Gasteiger partial charge in [0.05, 0.1) is 17.1 Å². The number of H-pyrrole nitrogens is 1. The van der Waals surface area contributed by atoms with Crippen LogP contribution in [0.5, 0.6) is 0 Å². The first-order valence-corrected chi connectivity index (χ1v) is 8.39. The van der Waals surface area contributed by atoms with Crippen LogP contribution in [0.25, 0.3) is 11.0 Å². The van der Waals surface area contributed by atoms with Gasteiger partial charge in [-0.1, -0.05) is 13.0 Å². The van der Waals surface area contributed by atoms with Gasteiger partial charge >= 0.3 is 0 Å². The molecule has 2 aromatic heterocycles. The van der Waals surface area contributed by atoms with E-state index in [4.69, 9.17) is 0 Å². The number of aromatic nitrogens is 3. The third kappa shape index (κ3) is 3.19. The Hall–Kier alpha value is -2.41. The highest BCUT2D eigenvalue weighted by atomic mass is 32.1. The molecule has 3 rings (SSSR count). The van der Waals surface area contributed by atoms with Crippen LogP contribution in [0, 0.1) is 6.92 Å². The number of anilines is 1. The van der Waals surface area contributed by atoms with Gasteiger partial charge in [-0.2, -0.15) is 0 Å². The standard InChI is InChI=1S/C16H19N5OS/c1-4-10(20-15(22)13-8-23-16(17-3)21-13)14-18-11-6-5-9(2)7-12(11)19-14/h5-8,10H,4H2,1-3H3,(H,17,21)(H,18,19)(H,20,22). The molecule has 0 fully saturated rings. The second-order valence-corrected chi connectivity index (χ2v) is 6.22. The number of aryl methyl sites for hydroxylation is 1. The number of carbonyl (C=O) groups excluding carboxylic acids is 1. The Morgan fingerprint density at radius 1 is 1.39 bits per heavy atom. The van der Waals surface area contributed by atoms with Crippen molar-refractivity contribution in [1.29, 1.82) is 0 Å². The first-order valence-electron chi connectivity index (χ1n) is 7.51. The van der Waals surface area contributed by atoms with Crippen molar-refractivity contribution in [3.63, 3.8) is 0 Å². The monoisotopic (exact) mass is 329 g/mol. The molecule has 120 valence electrons. The number of fused-ring (bicyclic) bond motifs is 1. The number of benzene rings is 1. The normalized spacial score (nSPS) is 12.3. The maximum absolute atomic E-state index is 12.3. The van der Waals surface area contributed by atoms with E-state index in [2.05, 4.69) is 31.7 Å². The quantitative estimate of drug-likeness (QED) is 0.671. The fraction of sp³-hybridized carbons (Fsp3) is 0.312. The van der Waals surface area contributed by atoms with Gasteiger partial charge in [-0.25, -0.2) is 9.97 Å². The van der Waals surface area contributed by atoms with Crippen LogP contribution in [0.2, 0.25) is 0 Å². The van der Waals surface area contributed by atoms with Crippen LogP contribution in [0.15, 0.2) is 23.6 Å². The number of aromatic amines is 1. The molecule has 3 N–H and O–H groups in total. The Bertz CT molecular complexity index is 838. The lowest BCUT2D eigenvalue weighted by Gasteiger charge is -2.13. The number of amides is 1. The molecule has 0 aliphatic rings. The van der Waals surface area contributed by atoms with Gasteiger partial charge in [0.1, 0.15) is 11.5 Å². The predicted octanol–water partition coefficient (Wildman–Crippen LogP) is 3.25. The summed E-state index contributed by atoms with van der Waals surface area (Å²) in [6.45, 7) is 4.06. The maximum Gasteiger partial charge on any atom is 0.271 e. The van der Waals surface area contributed by atoms with Crippen LogP contribution in [0.3, 0.4) is 0 Å². The van der Waals surface area contributed by atoms with Crippen molar-refractivity contribution < 1.29 is 4.79 Å². The second-order valence-electron chi connectivity index (χ2n) is 5.36. The SMILES string of the molecule is CCC(NC(=O)c1csc(NC)n1)c1nc2ccc(C)cc2[nH]1. The third-order valence-electron chi connectivity index (χ3n) is 3.65. The molecule has 1 atom stereocenters. The molecular weight excluding hydrogens is 310 g/mol. The largest absolute Gasteiger partial charge is 0.365 e. The van der Waals surface area contributed by atoms with Crippen molar-refractivity contribution in [3.8, 4) is 0 Å². The number of carbonyl (C=O) groups is 1. The van der Waals surface area contributed by atoms with Crippen LogP contribution in [0.1, 0.15) is 41.3 Å². The Labute approximate surface area is 138 Å². The van der Waals surface area contributed by atoms with Crippen molar-refractivity contribution in [2.24, 2.45) is 0 Å². The Balaban J connectivity index is 1.81. The van der Waals surface area contributed by atoms with Gasteiger partial charge in [-0.05, 0) is 31.0 Å². The van der Waals surface area contributed by atoms with Crippen LogP contribution in [-0.2, 0) is 0 Å². The summed E-state index contributed by atoms with van der Waals surface area (Å²) in [5.41, 5.74) is 3.49. The van der Waals surface area contributed by atoms with Crippen molar-refractivity contribution >= 4 is 33.4 Å². The first-order chi connectivity index (χ1) is 11.1. The number of hydrogen-bond donors (Lipinski definition) is 3. The van der Waals surface area contributed by atoms with E-state index in [1.165, 1.54) is 16.9 Å². The fourth-order valence-corrected chi connectivity index (χ4v) is 3.05. The minimum atomic E-state index is -0.189. The summed E-state index contributed by atoms with van der Waals surface area (Å²) in [5, 5.41) is 8.40. The molecule has 0 saturated carbocycles. The molecule has 7 heteroatoms. The van der Waals surface area contributed by atoms with Gasteiger partial charge in [0.15, 0.2) is 5.13 Å². The highest BCUT2D eigenvalue weighted by molar-refractivity contribution is 7.13. The second kappa shape index (κ2) is 6.37. The number of hydrogen-bond acceptors (Lipinski definition) is 5. The molecule has 1 amide bonds. The lowest BCUT2D eigenvalue weighted by molar-refractivity contribution is 0.0929. The zero-order valence-electron chi connectivity index (χ0n) is 13.3. The zero-order chi connectivity index (χ0) is 16.4. The molecule has 2 heterocycles. The number of nitrogens with zero attached hydrogens (tertiary/aromatic N) is 2. The fourth-order valence-electron chi connectivity index (χ4n) is 2.40. The molecule has 1 aromatic carbocycles. The predicted molar refractivity (Wildman–Crippen MR) is 93.0 cm³/mol. The molecule has 0 spiro atoms. The van der Waals surface area contributed by atoms with Gasteiger partial charge < -0.3 is 15.6 Å². The van der Waals surface area contributed by atoms with Crippen molar-refractivity contribution in [2.45, 2.75) is 26.3 Å². The Morgan fingerprint density at radius 2 is 2.22 bits per heavy atom. The van der Waals surface area contributed by atoms with E-state index in [0.29, 0.717) is 5.69 Å². The molecule has 23 heavy (non-hydrogen) atoms. The van der Waals surface area contributed by atoms with Gasteiger partial charge in [-0.3, -0.25) is 4.79 Å². The van der Waals surface area contributed by atoms with E-state index in [1.54, 1.807) is 12.4 Å². The zero-order valence-corrected chi connectivity index (χ0v) is 14.1. The Morgan fingerprint density at radius 3 is 2.91 bits per heavy atom. The molecule has 0 bridgehead atoms. The molecule has 3 aromatic rings. The number of thiazole rings is 1. The van der Waals surface area contributed by atoms with Gasteiger partial charge in [0, 0.05) is 12.4 Å². The van der Waals surface area contributed by atoms with Gasteiger partial charge in [0.25, 0.3) is 5.91 Å². The lowest BCUT2D eigenvalue weighted by Crippen LogP contribution is -2.29. The van der Waals surface area contributed by atoms with Crippen LogP contribution in [-0.4, -0.2) is 27.9 Å². The molecule has 0 radical (unpaired) electrons. The van der Waals surface area contributed by atoms with Crippen molar-refractivity contribution in [2.75, 3.05) is 12.4 Å². The van der Waals surface area contributed by atoms with Crippen molar-refractivity contribution in [3.05, 3.63) is 40.7 Å². The summed E-state index contributed by atoms with van der Waals surface area (Å²) in [6.07, 6.45) is 0.744. The average molecular weight is 329 g/mol. The van der Waals surface area contributed by atoms with E-state index in [1.807, 2.05) is 26.0 Å². The summed E-state index contributed by atoms with van der Waals surface area (Å²) < 4.78 is 0. The molecule has 0 aliphatic carbocycles. The van der Waals surface area contributed by atoms with Crippen molar-refractivity contribution in [1.82, 2.24) is 20.3 Å². The molecule has 6 nitrogen and oxygen atoms in total. The molecule has 0 saturated heterocycles. The number of nitrogens with one attached hydrogen (secondary N) is 3. The topological polar surface area (TPSA) is 82.7 Å². The third-order valence-corrected chi connectivity index (χ3v) is 4.51. The summed E-state index contributed by atoms with van der Waals surface area (Å²) in [6, 6.07) is 5.90.